The van der Waals surface area contributed by atoms with Gasteiger partial charge in [-0.3, -0.25) is 4.99 Å². The number of allylic oxidation sites excluding steroid dienone is 13. The van der Waals surface area contributed by atoms with E-state index >= 15 is 0 Å². The number of benzene rings is 5. The summed E-state index contributed by atoms with van der Waals surface area (Å²) >= 11 is 4.91. The Labute approximate surface area is 361 Å². The molecule has 1 aliphatic carbocycles. The van der Waals surface area contributed by atoms with E-state index < -0.39 is 0 Å². The molecule has 0 unspecified atom stereocenters. The van der Waals surface area contributed by atoms with Crippen LogP contribution in [0.4, 0.5) is 0 Å². The lowest BCUT2D eigenvalue weighted by molar-refractivity contribution is 0.905. The van der Waals surface area contributed by atoms with Crippen molar-refractivity contribution in [1.29, 1.82) is 0 Å². The molecule has 3 heterocycles. The van der Waals surface area contributed by atoms with Gasteiger partial charge >= 0.3 is 0 Å². The van der Waals surface area contributed by atoms with E-state index in [9.17, 15) is 0 Å². The van der Waals surface area contributed by atoms with E-state index in [-0.39, 0.29) is 5.92 Å². The fourth-order valence-electron chi connectivity index (χ4n) is 8.47. The van der Waals surface area contributed by atoms with Crippen LogP contribution in [0.1, 0.15) is 53.0 Å². The highest BCUT2D eigenvalue weighted by atomic mass is 32.1. The molecule has 0 saturated carbocycles. The van der Waals surface area contributed by atoms with Crippen molar-refractivity contribution in [2.45, 2.75) is 47.5 Å². The molecule has 0 amide bonds. The number of rotatable bonds is 9. The smallest absolute Gasteiger partial charge is 0.0700 e. The van der Waals surface area contributed by atoms with Crippen LogP contribution in [0.5, 0.6) is 0 Å². The zero-order valence-electron chi connectivity index (χ0n) is 35.5. The Morgan fingerprint density at radius 2 is 1.32 bits per heavy atom. The van der Waals surface area contributed by atoms with Crippen LogP contribution in [0, 0.1) is 5.92 Å². The fraction of sp³-hybridized carbons (Fsp3) is 0.161. The fourth-order valence-corrected chi connectivity index (χ4v) is 8.81. The summed E-state index contributed by atoms with van der Waals surface area (Å²) in [6, 6.07) is 43.7. The van der Waals surface area contributed by atoms with Gasteiger partial charge in [0.25, 0.3) is 0 Å². The van der Waals surface area contributed by atoms with E-state index in [0.717, 1.165) is 46.0 Å². The number of hydrogen-bond donors (Lipinski definition) is 1. The lowest BCUT2D eigenvalue weighted by Gasteiger charge is -2.15. The van der Waals surface area contributed by atoms with Gasteiger partial charge in [0, 0.05) is 43.6 Å². The van der Waals surface area contributed by atoms with Gasteiger partial charge in [0.1, 0.15) is 0 Å². The summed E-state index contributed by atoms with van der Waals surface area (Å²) in [6.45, 7) is 14.8. The molecule has 60 heavy (non-hydrogen) atoms. The molecule has 0 fully saturated rings. The lowest BCUT2D eigenvalue weighted by Crippen LogP contribution is -2.07. The molecule has 2 aromatic heterocycles. The Balaban J connectivity index is 0.00000132. The summed E-state index contributed by atoms with van der Waals surface area (Å²) < 4.78 is 4.94. The number of hydrogen-bond acceptors (Lipinski definition) is 2. The first-order valence-electron chi connectivity index (χ1n) is 21.4. The summed E-state index contributed by atoms with van der Waals surface area (Å²) in [6.07, 6.45) is 23.1. The molecule has 300 valence electrons. The standard InChI is InChI=1S/C52H43N3S.2C2H6/c1-3-19-49(56)41(38-21-8-4-5-9-22-38)29-18-20-37-34-48(36(2)51(53-35-37)39-23-10-6-11-24-39)55-46-31-17-15-28-44(46)50-47(55)33-32-43-42-27-14-16-30-45(42)54(52(43)50)40-25-12-7-13-26-40;2*1-2/h3-17,19,21-34,38,56H,1,18,20,35H2,2H3;2*1-2H3/b41-29-,49-19+;;. The molecule has 9 rings (SSSR count). The number of fused-ring (bicyclic) bond motifs is 7. The first-order chi connectivity index (χ1) is 29.6. The van der Waals surface area contributed by atoms with Crippen molar-refractivity contribution in [2.75, 3.05) is 6.54 Å². The van der Waals surface area contributed by atoms with Crippen LogP contribution < -0.4 is 0 Å². The van der Waals surface area contributed by atoms with Crippen LogP contribution in [0.3, 0.4) is 0 Å². The first kappa shape index (κ1) is 41.8. The maximum Gasteiger partial charge on any atom is 0.0700 e. The van der Waals surface area contributed by atoms with Gasteiger partial charge in [0.15, 0.2) is 0 Å². The van der Waals surface area contributed by atoms with Crippen LogP contribution in [0.25, 0.3) is 55.0 Å². The van der Waals surface area contributed by atoms with Crippen molar-refractivity contribution in [3.8, 4) is 5.69 Å². The molecule has 7 aromatic rings. The van der Waals surface area contributed by atoms with Crippen LogP contribution in [0.2, 0.25) is 0 Å². The zero-order chi connectivity index (χ0) is 42.0. The molecule has 0 bridgehead atoms. The Kier molecular flexibility index (Phi) is 13.6. The van der Waals surface area contributed by atoms with E-state index in [4.69, 9.17) is 17.6 Å². The zero-order valence-corrected chi connectivity index (χ0v) is 36.4. The largest absolute Gasteiger partial charge is 0.309 e. The second kappa shape index (κ2) is 19.6. The highest BCUT2D eigenvalue weighted by molar-refractivity contribution is 7.84. The highest BCUT2D eigenvalue weighted by Gasteiger charge is 2.24. The predicted molar refractivity (Wildman–Crippen MR) is 267 cm³/mol. The number of para-hydroxylation sites is 3. The average molecular weight is 802 g/mol. The molecule has 0 saturated heterocycles. The van der Waals surface area contributed by atoms with E-state index in [1.807, 2.05) is 39.8 Å². The quantitative estimate of drug-likeness (QED) is 0.111. The molecule has 2 aliphatic rings. The summed E-state index contributed by atoms with van der Waals surface area (Å²) in [5.74, 6) is 0.137. The second-order valence-electron chi connectivity index (χ2n) is 14.4. The van der Waals surface area contributed by atoms with E-state index in [1.165, 1.54) is 54.8 Å². The minimum atomic E-state index is 0.137. The van der Waals surface area contributed by atoms with E-state index in [1.54, 1.807) is 0 Å². The van der Waals surface area contributed by atoms with Crippen molar-refractivity contribution < 1.29 is 0 Å². The van der Waals surface area contributed by atoms with Gasteiger partial charge in [-0.05, 0) is 79.0 Å². The van der Waals surface area contributed by atoms with Crippen LogP contribution >= 0.6 is 12.6 Å². The molecular weight excluding hydrogens is 747 g/mol. The molecule has 0 radical (unpaired) electrons. The normalized spacial score (nSPS) is 14.7. The predicted octanol–water partition coefficient (Wildman–Crippen LogP) is 15.6. The molecule has 0 spiro atoms. The first-order valence-corrected chi connectivity index (χ1v) is 21.8. The van der Waals surface area contributed by atoms with Crippen molar-refractivity contribution in [3.05, 3.63) is 216 Å². The maximum atomic E-state index is 5.36. The third-order valence-corrected chi connectivity index (χ3v) is 11.4. The Hall–Kier alpha value is -6.36. The van der Waals surface area contributed by atoms with Gasteiger partial charge in [0.05, 0.1) is 40.0 Å². The van der Waals surface area contributed by atoms with Gasteiger partial charge in [-0.15, -0.1) is 12.6 Å². The Bertz CT molecular complexity index is 2890. The highest BCUT2D eigenvalue weighted by Crippen LogP contribution is 2.43. The van der Waals surface area contributed by atoms with Gasteiger partial charge < -0.3 is 9.13 Å². The summed E-state index contributed by atoms with van der Waals surface area (Å²) in [5, 5.41) is 4.98. The molecule has 1 aliphatic heterocycles. The van der Waals surface area contributed by atoms with Crippen LogP contribution in [-0.4, -0.2) is 21.4 Å². The Morgan fingerprint density at radius 3 is 2.00 bits per heavy atom. The minimum Gasteiger partial charge on any atom is -0.309 e. The molecule has 0 atom stereocenters. The molecule has 4 heteroatoms. The number of aromatic nitrogens is 2. The van der Waals surface area contributed by atoms with E-state index in [0.29, 0.717) is 6.54 Å². The number of aliphatic imine (C=N–C) groups is 1. The third kappa shape index (κ3) is 8.13. The van der Waals surface area contributed by atoms with Crippen LogP contribution in [0.15, 0.2) is 215 Å². The summed E-state index contributed by atoms with van der Waals surface area (Å²) in [7, 11) is 0. The Morgan fingerprint density at radius 1 is 0.700 bits per heavy atom. The third-order valence-electron chi connectivity index (χ3n) is 11.0. The molecule has 0 N–H and O–H groups in total. The van der Waals surface area contributed by atoms with Crippen molar-refractivity contribution in [1.82, 2.24) is 9.13 Å². The number of nitrogens with zero attached hydrogens (tertiary/aromatic N) is 3. The minimum absolute atomic E-state index is 0.137. The summed E-state index contributed by atoms with van der Waals surface area (Å²) in [4.78, 5) is 6.29. The van der Waals surface area contributed by atoms with E-state index in [2.05, 4.69) is 193 Å². The van der Waals surface area contributed by atoms with Crippen molar-refractivity contribution >= 4 is 67.6 Å². The van der Waals surface area contributed by atoms with Crippen LogP contribution in [-0.2, 0) is 0 Å². The van der Waals surface area contributed by atoms with Crippen molar-refractivity contribution in [3.63, 3.8) is 0 Å². The maximum absolute atomic E-state index is 5.36. The van der Waals surface area contributed by atoms with Gasteiger partial charge in [-0.25, -0.2) is 0 Å². The monoisotopic (exact) mass is 801 g/mol. The second-order valence-corrected chi connectivity index (χ2v) is 14.9. The van der Waals surface area contributed by atoms with Gasteiger partial charge in [-0.2, -0.15) is 0 Å². The van der Waals surface area contributed by atoms with Gasteiger partial charge in [0.2, 0.25) is 0 Å². The summed E-state index contributed by atoms with van der Waals surface area (Å²) in [5.41, 5.74) is 12.9. The van der Waals surface area contributed by atoms with Gasteiger partial charge in [-0.1, -0.05) is 174 Å². The molecule has 5 aromatic carbocycles. The SMILES string of the molecule is C=C/C=C(S)\C(=C/CCC1=CC(n2c3ccccc3c3c2ccc2c4ccccc4n(-c4ccccc4)c23)=C(C)C(c2ccccc2)=NC1)C1C=CC=CC=C1.CC.CC. The molecular formula is C56H55N3S. The number of thiol groups is 1. The molecule has 3 nitrogen and oxygen atoms in total. The topological polar surface area (TPSA) is 22.2 Å². The van der Waals surface area contributed by atoms with Crippen molar-refractivity contribution in [2.24, 2.45) is 10.9 Å². The average Bonchev–Trinajstić information content (AvgIpc) is 3.58. The lowest BCUT2D eigenvalue weighted by atomic mass is 9.95.